The minimum absolute atomic E-state index is 0.433. The fraction of sp³-hybridized carbons (Fsp3) is 0. The summed E-state index contributed by atoms with van der Waals surface area (Å²) in [5, 5.41) is 18.3. The summed E-state index contributed by atoms with van der Waals surface area (Å²) in [6.45, 7) is 0. The van der Waals surface area contributed by atoms with Crippen LogP contribution in [0, 0.1) is 15.9 Å². The first-order valence-electron chi connectivity index (χ1n) is 3.30. The van der Waals surface area contributed by atoms with Crippen LogP contribution in [0.4, 0.5) is 10.1 Å². The first-order valence-corrected chi connectivity index (χ1v) is 3.68. The van der Waals surface area contributed by atoms with E-state index in [4.69, 9.17) is 16.7 Å². The summed E-state index contributed by atoms with van der Waals surface area (Å²) < 4.78 is 12.9. The highest BCUT2D eigenvalue weighted by molar-refractivity contribution is 6.32. The van der Waals surface area contributed by atoms with Gasteiger partial charge in [0.2, 0.25) is 0 Å². The lowest BCUT2D eigenvalue weighted by Crippen LogP contribution is -2.02. The molecule has 1 aromatic carbocycles. The maximum Gasteiger partial charge on any atom is 0.338 e. The second kappa shape index (κ2) is 3.59. The molecule has 0 amide bonds. The topological polar surface area (TPSA) is 80.4 Å². The summed E-state index contributed by atoms with van der Waals surface area (Å²) in [5.74, 6) is -2.68. The Morgan fingerprint density at radius 3 is 2.57 bits per heavy atom. The Labute approximate surface area is 81.9 Å². The van der Waals surface area contributed by atoms with Crippen molar-refractivity contribution in [1.29, 1.82) is 0 Å². The Hall–Kier alpha value is -1.69. The fourth-order valence-corrected chi connectivity index (χ4v) is 1.06. The average Bonchev–Trinajstić information content (AvgIpc) is 2.02. The molecule has 0 heterocycles. The van der Waals surface area contributed by atoms with Gasteiger partial charge >= 0.3 is 5.97 Å². The third-order valence-corrected chi connectivity index (χ3v) is 1.77. The number of halogens is 2. The minimum Gasteiger partial charge on any atom is -0.478 e. The molecule has 0 aliphatic rings. The predicted octanol–water partition coefficient (Wildman–Crippen LogP) is 2.09. The maximum absolute atomic E-state index is 12.9. The molecule has 1 rings (SSSR count). The van der Waals surface area contributed by atoms with Crippen LogP contribution < -0.4 is 0 Å². The number of hydrogen-bond donors (Lipinski definition) is 1. The lowest BCUT2D eigenvalue weighted by Gasteiger charge is -1.99. The average molecular weight is 220 g/mol. The highest BCUT2D eigenvalue weighted by atomic mass is 35.5. The molecule has 0 aliphatic carbocycles. The zero-order chi connectivity index (χ0) is 10.9. The number of nitro benzene ring substituents is 1. The molecule has 0 spiro atoms. The molecule has 0 bridgehead atoms. The molecule has 0 fully saturated rings. The van der Waals surface area contributed by atoms with Crippen molar-refractivity contribution < 1.29 is 19.2 Å². The van der Waals surface area contributed by atoms with E-state index in [0.29, 0.717) is 12.1 Å². The number of benzene rings is 1. The normalized spacial score (nSPS) is 9.86. The van der Waals surface area contributed by atoms with Crippen LogP contribution in [0.5, 0.6) is 0 Å². The highest BCUT2D eigenvalue weighted by Gasteiger charge is 2.20. The van der Waals surface area contributed by atoms with Crippen LogP contribution in [-0.2, 0) is 0 Å². The summed E-state index contributed by atoms with van der Waals surface area (Å²) in [4.78, 5) is 19.8. The van der Waals surface area contributed by atoms with Gasteiger partial charge in [0.05, 0.1) is 4.92 Å². The van der Waals surface area contributed by atoms with E-state index in [0.717, 1.165) is 0 Å². The molecule has 1 aromatic rings. The molecule has 74 valence electrons. The van der Waals surface area contributed by atoms with Crippen molar-refractivity contribution in [2.45, 2.75) is 0 Å². The van der Waals surface area contributed by atoms with Gasteiger partial charge in [0.25, 0.3) is 5.69 Å². The standard InChI is InChI=1S/C7H3ClFNO4/c8-4-2-5(9)3(7(11)12)1-6(4)10(13)14/h1-2H,(H,11,12). The van der Waals surface area contributed by atoms with Crippen LogP contribution >= 0.6 is 11.6 Å². The van der Waals surface area contributed by atoms with Crippen LogP contribution in [0.3, 0.4) is 0 Å². The van der Waals surface area contributed by atoms with Crippen LogP contribution in [-0.4, -0.2) is 16.0 Å². The Bertz CT molecular complexity index is 385. The second-order valence-electron chi connectivity index (χ2n) is 2.35. The van der Waals surface area contributed by atoms with E-state index in [1.54, 1.807) is 0 Å². The molecule has 0 radical (unpaired) electrons. The number of hydrogen-bond acceptors (Lipinski definition) is 3. The molecule has 0 unspecified atom stereocenters. The lowest BCUT2D eigenvalue weighted by atomic mass is 10.2. The molecule has 0 aliphatic heterocycles. The van der Waals surface area contributed by atoms with E-state index in [1.807, 2.05) is 0 Å². The summed E-state index contributed by atoms with van der Waals surface area (Å²) in [6.07, 6.45) is 0. The lowest BCUT2D eigenvalue weighted by molar-refractivity contribution is -0.384. The molecule has 5 nitrogen and oxygen atoms in total. The Balaban J connectivity index is 3.42. The van der Waals surface area contributed by atoms with Crippen LogP contribution in [0.25, 0.3) is 0 Å². The van der Waals surface area contributed by atoms with Gasteiger partial charge in [0.1, 0.15) is 16.4 Å². The molecule has 0 saturated carbocycles. The number of nitrogens with zero attached hydrogens (tertiary/aromatic N) is 1. The maximum atomic E-state index is 12.9. The fourth-order valence-electron chi connectivity index (χ4n) is 0.841. The zero-order valence-electron chi connectivity index (χ0n) is 6.53. The molecule has 0 aromatic heterocycles. The molecule has 0 saturated heterocycles. The van der Waals surface area contributed by atoms with Crippen LogP contribution in [0.2, 0.25) is 5.02 Å². The van der Waals surface area contributed by atoms with E-state index in [1.165, 1.54) is 0 Å². The number of rotatable bonds is 2. The number of carboxylic acids is 1. The first kappa shape index (κ1) is 10.4. The van der Waals surface area contributed by atoms with Crippen molar-refractivity contribution in [3.8, 4) is 0 Å². The molecular weight excluding hydrogens is 217 g/mol. The third kappa shape index (κ3) is 1.80. The van der Waals surface area contributed by atoms with Gasteiger partial charge in [0, 0.05) is 12.1 Å². The molecular formula is C7H3ClFNO4. The summed E-state index contributed by atoms with van der Waals surface area (Å²) in [7, 11) is 0. The molecule has 14 heavy (non-hydrogen) atoms. The van der Waals surface area contributed by atoms with Crippen molar-refractivity contribution in [3.05, 3.63) is 38.7 Å². The van der Waals surface area contributed by atoms with Crippen molar-refractivity contribution >= 4 is 23.3 Å². The quantitative estimate of drug-likeness (QED) is 0.610. The van der Waals surface area contributed by atoms with Gasteiger partial charge in [-0.3, -0.25) is 10.1 Å². The Morgan fingerprint density at radius 1 is 1.57 bits per heavy atom. The Kier molecular flexibility index (Phi) is 2.66. The van der Waals surface area contributed by atoms with E-state index in [2.05, 4.69) is 0 Å². The van der Waals surface area contributed by atoms with Gasteiger partial charge in [-0.05, 0) is 0 Å². The third-order valence-electron chi connectivity index (χ3n) is 1.46. The minimum atomic E-state index is -1.58. The SMILES string of the molecule is O=C(O)c1cc([N+](=O)[O-])c(Cl)cc1F. The van der Waals surface area contributed by atoms with Crippen molar-refractivity contribution in [3.63, 3.8) is 0 Å². The van der Waals surface area contributed by atoms with Crippen molar-refractivity contribution in [2.24, 2.45) is 0 Å². The molecule has 0 atom stereocenters. The van der Waals surface area contributed by atoms with E-state index in [9.17, 15) is 19.3 Å². The Morgan fingerprint density at radius 2 is 2.14 bits per heavy atom. The molecule has 1 N–H and O–H groups in total. The van der Waals surface area contributed by atoms with Gasteiger partial charge < -0.3 is 5.11 Å². The number of carbonyl (C=O) groups is 1. The van der Waals surface area contributed by atoms with Crippen molar-refractivity contribution in [2.75, 3.05) is 0 Å². The summed E-state index contributed by atoms with van der Waals surface area (Å²) in [5.41, 5.74) is -1.41. The monoisotopic (exact) mass is 219 g/mol. The summed E-state index contributed by atoms with van der Waals surface area (Å²) in [6, 6.07) is 1.18. The van der Waals surface area contributed by atoms with Crippen LogP contribution in [0.15, 0.2) is 12.1 Å². The smallest absolute Gasteiger partial charge is 0.338 e. The first-order chi connectivity index (χ1) is 6.43. The second-order valence-corrected chi connectivity index (χ2v) is 2.75. The largest absolute Gasteiger partial charge is 0.478 e. The zero-order valence-corrected chi connectivity index (χ0v) is 7.29. The van der Waals surface area contributed by atoms with Gasteiger partial charge in [-0.25, -0.2) is 9.18 Å². The van der Waals surface area contributed by atoms with Crippen LogP contribution in [0.1, 0.15) is 10.4 Å². The van der Waals surface area contributed by atoms with Crippen molar-refractivity contribution in [1.82, 2.24) is 0 Å². The summed E-state index contributed by atoms with van der Waals surface area (Å²) >= 11 is 5.33. The predicted molar refractivity (Wildman–Crippen MR) is 45.0 cm³/mol. The van der Waals surface area contributed by atoms with Gasteiger partial charge in [-0.2, -0.15) is 0 Å². The van der Waals surface area contributed by atoms with E-state index in [-0.39, 0.29) is 0 Å². The van der Waals surface area contributed by atoms with E-state index < -0.39 is 33.0 Å². The van der Waals surface area contributed by atoms with Gasteiger partial charge in [0.15, 0.2) is 0 Å². The van der Waals surface area contributed by atoms with Gasteiger partial charge in [-0.15, -0.1) is 0 Å². The molecule has 7 heteroatoms. The highest BCUT2D eigenvalue weighted by Crippen LogP contribution is 2.27. The van der Waals surface area contributed by atoms with E-state index >= 15 is 0 Å². The number of nitro groups is 1. The van der Waals surface area contributed by atoms with Gasteiger partial charge in [-0.1, -0.05) is 11.6 Å². The number of aromatic carboxylic acids is 1. The number of carboxylic acid groups (broad SMARTS) is 1.